The number of likely N-dealkylation sites (tertiary alicyclic amines) is 1. The molecule has 0 saturated carbocycles. The summed E-state index contributed by atoms with van der Waals surface area (Å²) in [6.45, 7) is 2.96. The fourth-order valence-electron chi connectivity index (χ4n) is 3.97. The third-order valence-corrected chi connectivity index (χ3v) is 7.08. The van der Waals surface area contributed by atoms with Gasteiger partial charge in [-0.1, -0.05) is 17.3 Å². The largest absolute Gasteiger partial charge is 0.355 e. The first-order chi connectivity index (χ1) is 16.2. The Morgan fingerprint density at radius 1 is 1.12 bits per heavy atom. The van der Waals surface area contributed by atoms with E-state index >= 15 is 0 Å². The van der Waals surface area contributed by atoms with Crippen LogP contribution in [0, 0.1) is 17.6 Å². The number of hydrogen-bond donors (Lipinski definition) is 1. The summed E-state index contributed by atoms with van der Waals surface area (Å²) < 4.78 is 55.2. The molecule has 1 fully saturated rings. The second kappa shape index (κ2) is 10.0. The number of benzene rings is 2. The number of sulfone groups is 1. The molecule has 2 heterocycles. The summed E-state index contributed by atoms with van der Waals surface area (Å²) in [6.07, 6.45) is 3.01. The maximum atomic E-state index is 13.9. The summed E-state index contributed by atoms with van der Waals surface area (Å²) in [5, 5.41) is 6.56. The molecule has 34 heavy (non-hydrogen) atoms. The highest BCUT2D eigenvalue weighted by atomic mass is 32.2. The molecule has 10 heteroatoms. The summed E-state index contributed by atoms with van der Waals surface area (Å²) in [6, 6.07) is 11.4. The van der Waals surface area contributed by atoms with E-state index in [9.17, 15) is 22.0 Å². The van der Waals surface area contributed by atoms with Crippen molar-refractivity contribution in [3.63, 3.8) is 0 Å². The Balaban J connectivity index is 1.24. The predicted molar refractivity (Wildman–Crippen MR) is 122 cm³/mol. The molecule has 1 aromatic heterocycles. The number of carbonyl (C=O) groups excluding carboxylic acids is 1. The lowest BCUT2D eigenvalue weighted by Crippen LogP contribution is -2.38. The highest BCUT2D eigenvalue weighted by Crippen LogP contribution is 2.24. The summed E-state index contributed by atoms with van der Waals surface area (Å²) in [4.78, 5) is 15.0. The fraction of sp³-hybridized carbons (Fsp3) is 0.333. The molecule has 1 aliphatic heterocycles. The third-order valence-electron chi connectivity index (χ3n) is 5.96. The van der Waals surface area contributed by atoms with Crippen LogP contribution in [0.1, 0.15) is 28.9 Å². The number of amides is 1. The van der Waals surface area contributed by atoms with Crippen LogP contribution in [0.25, 0.3) is 11.3 Å². The van der Waals surface area contributed by atoms with Crippen LogP contribution in [0.15, 0.2) is 57.9 Å². The van der Waals surface area contributed by atoms with Crippen molar-refractivity contribution in [1.82, 2.24) is 15.4 Å². The minimum Gasteiger partial charge on any atom is -0.355 e. The van der Waals surface area contributed by atoms with Crippen LogP contribution >= 0.6 is 0 Å². The molecule has 180 valence electrons. The Morgan fingerprint density at radius 2 is 1.82 bits per heavy atom. The minimum absolute atomic E-state index is 0.0336. The summed E-state index contributed by atoms with van der Waals surface area (Å²) >= 11 is 0. The molecule has 1 saturated heterocycles. The maximum absolute atomic E-state index is 13.9. The molecule has 1 N–H and O–H groups in total. The third kappa shape index (κ3) is 5.87. The monoisotopic (exact) mass is 489 g/mol. The van der Waals surface area contributed by atoms with Crippen LogP contribution < -0.4 is 5.32 Å². The van der Waals surface area contributed by atoms with Gasteiger partial charge >= 0.3 is 0 Å². The van der Waals surface area contributed by atoms with Crippen molar-refractivity contribution < 1.29 is 26.5 Å². The zero-order valence-electron chi connectivity index (χ0n) is 18.6. The van der Waals surface area contributed by atoms with Crippen molar-refractivity contribution in [3.8, 4) is 11.3 Å². The molecule has 0 bridgehead atoms. The smallest absolute Gasteiger partial charge is 0.273 e. The molecule has 0 aliphatic carbocycles. The maximum Gasteiger partial charge on any atom is 0.273 e. The number of rotatable bonds is 7. The van der Waals surface area contributed by atoms with Crippen LogP contribution in [0.2, 0.25) is 0 Å². The molecule has 0 radical (unpaired) electrons. The van der Waals surface area contributed by atoms with Crippen molar-refractivity contribution in [1.29, 1.82) is 0 Å². The second-order valence-electron chi connectivity index (χ2n) is 8.55. The van der Waals surface area contributed by atoms with E-state index in [1.807, 2.05) is 12.1 Å². The van der Waals surface area contributed by atoms with Crippen molar-refractivity contribution in [3.05, 3.63) is 71.4 Å². The lowest BCUT2D eigenvalue weighted by molar-refractivity contribution is 0.0926. The molecule has 2 aromatic carbocycles. The van der Waals surface area contributed by atoms with Gasteiger partial charge in [-0.05, 0) is 61.7 Å². The van der Waals surface area contributed by atoms with Gasteiger partial charge < -0.3 is 9.84 Å². The molecular weight excluding hydrogens is 464 g/mol. The number of aromatic nitrogens is 1. The van der Waals surface area contributed by atoms with Crippen LogP contribution in [0.5, 0.6) is 0 Å². The van der Waals surface area contributed by atoms with Crippen LogP contribution in [-0.2, 0) is 16.4 Å². The number of nitrogens with zero attached hydrogens (tertiary/aromatic N) is 2. The molecule has 3 aromatic rings. The zero-order valence-corrected chi connectivity index (χ0v) is 19.4. The van der Waals surface area contributed by atoms with E-state index in [1.54, 1.807) is 12.1 Å². The Labute approximate surface area is 196 Å². The quantitative estimate of drug-likeness (QED) is 0.545. The SMILES string of the molecule is CS(=O)(=O)c1ccc(CN2CCC(CNC(=O)c3cc(-c4ccc(F)cc4F)on3)CC2)cc1. The van der Waals surface area contributed by atoms with E-state index in [-0.39, 0.29) is 17.0 Å². The molecule has 1 aliphatic rings. The van der Waals surface area contributed by atoms with Gasteiger partial charge in [-0.25, -0.2) is 17.2 Å². The van der Waals surface area contributed by atoms with E-state index in [0.29, 0.717) is 17.4 Å². The van der Waals surface area contributed by atoms with Crippen LogP contribution in [0.3, 0.4) is 0 Å². The fourth-order valence-corrected chi connectivity index (χ4v) is 4.61. The Morgan fingerprint density at radius 3 is 2.47 bits per heavy atom. The molecule has 0 spiro atoms. The normalized spacial score (nSPS) is 15.4. The zero-order chi connectivity index (χ0) is 24.3. The van der Waals surface area contributed by atoms with Gasteiger partial charge in [-0.2, -0.15) is 0 Å². The molecule has 4 rings (SSSR count). The van der Waals surface area contributed by atoms with E-state index in [1.165, 1.54) is 18.4 Å². The average molecular weight is 490 g/mol. The van der Waals surface area contributed by atoms with Crippen LogP contribution in [0.4, 0.5) is 8.78 Å². The van der Waals surface area contributed by atoms with Gasteiger partial charge in [0.05, 0.1) is 10.5 Å². The average Bonchev–Trinajstić information content (AvgIpc) is 3.28. The predicted octanol–water partition coefficient (Wildman–Crippen LogP) is 3.67. The number of nitrogens with one attached hydrogen (secondary N) is 1. The van der Waals surface area contributed by atoms with Gasteiger partial charge in [0.1, 0.15) is 11.6 Å². The first-order valence-electron chi connectivity index (χ1n) is 10.9. The highest BCUT2D eigenvalue weighted by molar-refractivity contribution is 7.90. The van der Waals surface area contributed by atoms with Gasteiger partial charge in [-0.3, -0.25) is 9.69 Å². The molecule has 7 nitrogen and oxygen atoms in total. The van der Waals surface area contributed by atoms with Gasteiger partial charge in [0.2, 0.25) is 0 Å². The lowest BCUT2D eigenvalue weighted by Gasteiger charge is -2.32. The highest BCUT2D eigenvalue weighted by Gasteiger charge is 2.22. The van der Waals surface area contributed by atoms with Crippen molar-refractivity contribution in [2.75, 3.05) is 25.9 Å². The topological polar surface area (TPSA) is 92.5 Å². The Hall–Kier alpha value is -3.11. The Kier molecular flexibility index (Phi) is 7.08. The Bertz CT molecular complexity index is 1270. The number of hydrogen-bond acceptors (Lipinski definition) is 6. The second-order valence-corrected chi connectivity index (χ2v) is 10.6. The standard InChI is InChI=1S/C24H25F2N3O4S/c1-34(31,32)19-5-2-17(3-6-19)15-29-10-8-16(9-11-29)14-27-24(30)22-13-23(33-28-22)20-7-4-18(25)12-21(20)26/h2-7,12-13,16H,8-11,14-15H2,1H3,(H,27,30). The van der Waals surface area contributed by atoms with Crippen molar-refractivity contribution in [2.24, 2.45) is 5.92 Å². The van der Waals surface area contributed by atoms with E-state index in [2.05, 4.69) is 15.4 Å². The summed E-state index contributed by atoms with van der Waals surface area (Å²) in [5.74, 6) is -1.53. The first kappa shape index (κ1) is 24.0. The van der Waals surface area contributed by atoms with Gasteiger partial charge in [0.15, 0.2) is 21.3 Å². The van der Waals surface area contributed by atoms with E-state index in [0.717, 1.165) is 50.2 Å². The van der Waals surface area contributed by atoms with Crippen molar-refractivity contribution in [2.45, 2.75) is 24.3 Å². The minimum atomic E-state index is -3.20. The first-order valence-corrected chi connectivity index (χ1v) is 12.8. The lowest BCUT2D eigenvalue weighted by atomic mass is 9.96. The number of halogens is 2. The molecule has 0 unspecified atom stereocenters. The summed E-state index contributed by atoms with van der Waals surface area (Å²) in [5.41, 5.74) is 1.12. The van der Waals surface area contributed by atoms with Crippen LogP contribution in [-0.4, -0.2) is 50.3 Å². The van der Waals surface area contributed by atoms with Gasteiger partial charge in [0, 0.05) is 31.5 Å². The van der Waals surface area contributed by atoms with Gasteiger partial charge in [0.25, 0.3) is 5.91 Å². The molecule has 1 amide bonds. The van der Waals surface area contributed by atoms with E-state index in [4.69, 9.17) is 4.52 Å². The summed E-state index contributed by atoms with van der Waals surface area (Å²) in [7, 11) is -3.20. The van der Waals surface area contributed by atoms with E-state index < -0.39 is 27.4 Å². The molecule has 0 atom stereocenters. The number of piperidine rings is 1. The van der Waals surface area contributed by atoms with Crippen molar-refractivity contribution >= 4 is 15.7 Å². The van der Waals surface area contributed by atoms with Gasteiger partial charge in [-0.15, -0.1) is 0 Å². The number of carbonyl (C=O) groups is 1. The molecular formula is C24H25F2N3O4S.